The number of allylic oxidation sites excluding steroid dienone is 18. The van der Waals surface area contributed by atoms with Crippen molar-refractivity contribution in [2.45, 2.75) is 148 Å². The molecule has 0 heterocycles. The summed E-state index contributed by atoms with van der Waals surface area (Å²) >= 11 is 0. The third-order valence-corrected chi connectivity index (χ3v) is 9.00. The van der Waals surface area contributed by atoms with E-state index in [-0.39, 0.29) is 49.1 Å². The van der Waals surface area contributed by atoms with E-state index in [0.29, 0.717) is 12.8 Å². The van der Waals surface area contributed by atoms with Crippen LogP contribution in [0.4, 0.5) is 0 Å². The van der Waals surface area contributed by atoms with E-state index in [1.54, 1.807) is 21.1 Å². The third-order valence-electron chi connectivity index (χ3n) is 9.00. The lowest BCUT2D eigenvalue weighted by Crippen LogP contribution is -2.55. The standard InChI is InChI=1S/C50H79NO7/c1-6-8-10-12-14-16-18-20-22-24-25-27-28-30-32-34-36-38-40-48(52)57-45-46(44-56-43-42-47(50(54)55)51(3,4)5)58-49(53)41-39-37-35-33-31-29-26-23-21-19-17-15-13-11-9-7-2/h9-12,14-18,20-25,27,29,31,46-47H,6-8,13,19,26,28,30,32-45H2,1-5H3/b11-9+,12-10+,16-14+,17-15+,20-18+,23-21+,24-22+,27-25+,31-29+. The molecule has 2 atom stereocenters. The van der Waals surface area contributed by atoms with Crippen molar-refractivity contribution in [2.75, 3.05) is 41.0 Å². The Balaban J connectivity index is 4.49. The van der Waals surface area contributed by atoms with Gasteiger partial charge in [-0.15, -0.1) is 0 Å². The number of hydrogen-bond donors (Lipinski definition) is 0. The van der Waals surface area contributed by atoms with Gasteiger partial charge in [-0.3, -0.25) is 9.59 Å². The first kappa shape index (κ1) is 54.0. The minimum absolute atomic E-state index is 0.0110. The molecule has 0 aromatic carbocycles. The number of hydrogen-bond acceptors (Lipinski definition) is 7. The number of nitrogens with zero attached hydrogens (tertiary/aromatic N) is 1. The molecule has 0 aliphatic heterocycles. The van der Waals surface area contributed by atoms with Gasteiger partial charge in [0.25, 0.3) is 0 Å². The number of carbonyl (C=O) groups is 3. The molecule has 0 aliphatic carbocycles. The molecule has 58 heavy (non-hydrogen) atoms. The van der Waals surface area contributed by atoms with E-state index in [2.05, 4.69) is 86.8 Å². The Bertz CT molecular complexity index is 1310. The number of rotatable bonds is 37. The van der Waals surface area contributed by atoms with E-state index in [1.807, 2.05) is 36.5 Å². The summed E-state index contributed by atoms with van der Waals surface area (Å²) in [6, 6.07) is -0.743. The fourth-order valence-corrected chi connectivity index (χ4v) is 5.62. The zero-order chi connectivity index (χ0) is 42.8. The lowest BCUT2D eigenvalue weighted by molar-refractivity contribution is -0.889. The molecule has 8 nitrogen and oxygen atoms in total. The first-order valence-electron chi connectivity index (χ1n) is 22.0. The minimum atomic E-state index is -1.14. The normalized spacial score (nSPS) is 14.0. The maximum atomic E-state index is 12.7. The molecule has 0 aliphatic rings. The summed E-state index contributed by atoms with van der Waals surface area (Å²) in [5.41, 5.74) is 0. The molecule has 0 aromatic rings. The van der Waals surface area contributed by atoms with Crippen molar-refractivity contribution in [3.63, 3.8) is 0 Å². The molecule has 0 N–H and O–H groups in total. The predicted molar refractivity (Wildman–Crippen MR) is 240 cm³/mol. The van der Waals surface area contributed by atoms with Crippen LogP contribution in [0.25, 0.3) is 0 Å². The number of esters is 2. The maximum Gasteiger partial charge on any atom is 0.306 e. The highest BCUT2D eigenvalue weighted by Gasteiger charge is 2.25. The number of carboxylic acids is 1. The smallest absolute Gasteiger partial charge is 0.306 e. The van der Waals surface area contributed by atoms with Gasteiger partial charge in [-0.05, 0) is 70.6 Å². The van der Waals surface area contributed by atoms with Gasteiger partial charge in [0.1, 0.15) is 12.6 Å². The summed E-state index contributed by atoms with van der Waals surface area (Å²) in [6.07, 6.45) is 53.9. The highest BCUT2D eigenvalue weighted by atomic mass is 16.6. The molecule has 0 amide bonds. The van der Waals surface area contributed by atoms with Crippen LogP contribution in [-0.4, -0.2) is 75.5 Å². The number of ether oxygens (including phenoxy) is 3. The SMILES string of the molecule is CC/C=C/C/C=C/C/C=C/C/C=C/CCCCCC(=O)OC(COCCC(C(=O)[O-])[N+](C)(C)C)COC(=O)CCCCCCC/C=C/C=C/C=C/C=C/C=C/CCC. The number of carbonyl (C=O) groups excluding carboxylic acids is 3. The fourth-order valence-electron chi connectivity index (χ4n) is 5.62. The van der Waals surface area contributed by atoms with Crippen LogP contribution in [0.2, 0.25) is 0 Å². The van der Waals surface area contributed by atoms with Crippen LogP contribution in [0.1, 0.15) is 136 Å². The van der Waals surface area contributed by atoms with Crippen molar-refractivity contribution in [1.29, 1.82) is 0 Å². The van der Waals surface area contributed by atoms with Gasteiger partial charge in [-0.2, -0.15) is 0 Å². The number of carboxylic acid groups (broad SMARTS) is 1. The molecular weight excluding hydrogens is 727 g/mol. The molecule has 326 valence electrons. The highest BCUT2D eigenvalue weighted by molar-refractivity contribution is 5.70. The quantitative estimate of drug-likeness (QED) is 0.0203. The Kier molecular flexibility index (Phi) is 37.0. The van der Waals surface area contributed by atoms with Crippen molar-refractivity contribution < 1.29 is 38.2 Å². The van der Waals surface area contributed by atoms with Crippen LogP contribution in [0, 0.1) is 0 Å². The minimum Gasteiger partial charge on any atom is -0.544 e. The van der Waals surface area contributed by atoms with Gasteiger partial charge >= 0.3 is 11.9 Å². The second-order valence-corrected chi connectivity index (χ2v) is 15.3. The van der Waals surface area contributed by atoms with Gasteiger partial charge in [-0.1, -0.05) is 155 Å². The number of unbranched alkanes of at least 4 members (excludes halogenated alkanes) is 9. The largest absolute Gasteiger partial charge is 0.544 e. The molecular formula is C50H79NO7. The molecule has 2 unspecified atom stereocenters. The fraction of sp³-hybridized carbons (Fsp3) is 0.580. The van der Waals surface area contributed by atoms with Crippen LogP contribution in [0.5, 0.6) is 0 Å². The summed E-state index contributed by atoms with van der Waals surface area (Å²) < 4.78 is 17.1. The van der Waals surface area contributed by atoms with Gasteiger partial charge in [0.2, 0.25) is 0 Å². The average Bonchev–Trinajstić information content (AvgIpc) is 3.18. The van der Waals surface area contributed by atoms with Gasteiger partial charge < -0.3 is 28.6 Å². The third kappa shape index (κ3) is 37.6. The van der Waals surface area contributed by atoms with Crippen molar-refractivity contribution >= 4 is 17.9 Å². The van der Waals surface area contributed by atoms with E-state index in [0.717, 1.165) is 89.9 Å². The number of quaternary nitrogens is 1. The van der Waals surface area contributed by atoms with Crippen molar-refractivity contribution in [2.24, 2.45) is 0 Å². The van der Waals surface area contributed by atoms with Crippen LogP contribution in [0.3, 0.4) is 0 Å². The lowest BCUT2D eigenvalue weighted by atomic mass is 10.1. The van der Waals surface area contributed by atoms with Crippen molar-refractivity contribution in [1.82, 2.24) is 0 Å². The molecule has 0 bridgehead atoms. The molecule has 8 heteroatoms. The van der Waals surface area contributed by atoms with E-state index >= 15 is 0 Å². The van der Waals surface area contributed by atoms with Crippen molar-refractivity contribution in [3.8, 4) is 0 Å². The topological polar surface area (TPSA) is 102 Å². The van der Waals surface area contributed by atoms with E-state index in [4.69, 9.17) is 14.2 Å². The Morgan fingerprint density at radius 3 is 1.60 bits per heavy atom. The van der Waals surface area contributed by atoms with Gasteiger partial charge in [0.05, 0.1) is 40.3 Å². The Morgan fingerprint density at radius 1 is 0.552 bits per heavy atom. The highest BCUT2D eigenvalue weighted by Crippen LogP contribution is 2.12. The number of likely N-dealkylation sites (N-methyl/N-ethyl adjacent to an activating group) is 1. The maximum absolute atomic E-state index is 12.7. The summed E-state index contributed by atoms with van der Waals surface area (Å²) in [5.74, 6) is -1.83. The number of aliphatic carboxylic acids is 1. The van der Waals surface area contributed by atoms with Crippen LogP contribution < -0.4 is 5.11 Å². The Labute approximate surface area is 353 Å². The van der Waals surface area contributed by atoms with Gasteiger partial charge in [0.15, 0.2) is 6.10 Å². The van der Waals surface area contributed by atoms with Crippen LogP contribution in [-0.2, 0) is 28.6 Å². The van der Waals surface area contributed by atoms with Gasteiger partial charge in [-0.25, -0.2) is 0 Å². The summed E-state index contributed by atoms with van der Waals surface area (Å²) in [4.78, 5) is 36.9. The molecule has 0 aromatic heterocycles. The zero-order valence-corrected chi connectivity index (χ0v) is 36.9. The molecule has 0 rings (SSSR count). The van der Waals surface area contributed by atoms with Crippen LogP contribution >= 0.6 is 0 Å². The molecule has 0 radical (unpaired) electrons. The first-order chi connectivity index (χ1) is 28.1. The Hall–Kier alpha value is -4.01. The molecule has 0 saturated carbocycles. The lowest BCUT2D eigenvalue weighted by Gasteiger charge is -2.34. The first-order valence-corrected chi connectivity index (χ1v) is 22.0. The second-order valence-electron chi connectivity index (χ2n) is 15.3. The summed E-state index contributed by atoms with van der Waals surface area (Å²) in [5, 5.41) is 11.6. The van der Waals surface area contributed by atoms with E-state index in [9.17, 15) is 19.5 Å². The summed E-state index contributed by atoms with van der Waals surface area (Å²) in [6.45, 7) is 4.37. The zero-order valence-electron chi connectivity index (χ0n) is 36.9. The molecule has 0 saturated heterocycles. The van der Waals surface area contributed by atoms with E-state index in [1.165, 1.54) is 6.42 Å². The monoisotopic (exact) mass is 806 g/mol. The van der Waals surface area contributed by atoms with Gasteiger partial charge in [0, 0.05) is 19.3 Å². The predicted octanol–water partition coefficient (Wildman–Crippen LogP) is 10.7. The summed E-state index contributed by atoms with van der Waals surface area (Å²) in [7, 11) is 5.37. The average molecular weight is 806 g/mol. The molecule has 0 fully saturated rings. The van der Waals surface area contributed by atoms with Crippen LogP contribution in [0.15, 0.2) is 109 Å². The molecule has 0 spiro atoms. The second kappa shape index (κ2) is 39.8. The van der Waals surface area contributed by atoms with Crippen molar-refractivity contribution in [3.05, 3.63) is 109 Å². The Morgan fingerprint density at radius 2 is 1.03 bits per heavy atom. The van der Waals surface area contributed by atoms with E-state index < -0.39 is 18.1 Å².